The van der Waals surface area contributed by atoms with Crippen molar-refractivity contribution in [2.45, 2.75) is 51.6 Å². The highest BCUT2D eigenvalue weighted by molar-refractivity contribution is 5.80. The molecule has 0 aromatic carbocycles. The molecule has 0 spiro atoms. The minimum atomic E-state index is -0.311. The molecule has 1 unspecified atom stereocenters. The molecule has 1 aliphatic heterocycles. The molecule has 17 heavy (non-hydrogen) atoms. The lowest BCUT2D eigenvalue weighted by molar-refractivity contribution is -0.142. The second kappa shape index (κ2) is 8.29. The molecule has 1 atom stereocenters. The van der Waals surface area contributed by atoms with Gasteiger partial charge in [0, 0.05) is 13.1 Å². The van der Waals surface area contributed by atoms with Gasteiger partial charge in [-0.05, 0) is 26.2 Å². The van der Waals surface area contributed by atoms with Crippen molar-refractivity contribution in [3.05, 3.63) is 12.7 Å². The lowest BCUT2D eigenvalue weighted by atomic mass is 10.1. The Hall–Kier alpha value is -0.830. The maximum absolute atomic E-state index is 12.1. The fraction of sp³-hybridized carbons (Fsp3) is 0.786. The van der Waals surface area contributed by atoms with Crippen molar-refractivity contribution in [3.8, 4) is 0 Å². The lowest BCUT2D eigenvalue weighted by Gasteiger charge is -2.27. The molecule has 0 radical (unpaired) electrons. The van der Waals surface area contributed by atoms with Crippen molar-refractivity contribution in [1.82, 2.24) is 4.90 Å². The monoisotopic (exact) mass is 239 g/mol. The Labute approximate surface area is 105 Å². The van der Waals surface area contributed by atoms with Crippen molar-refractivity contribution in [3.63, 3.8) is 0 Å². The Morgan fingerprint density at radius 1 is 1.29 bits per heavy atom. The Morgan fingerprint density at radius 3 is 2.47 bits per heavy atom. The fourth-order valence-corrected chi connectivity index (χ4v) is 2.12. The predicted octanol–water partition coefficient (Wildman–Crippen LogP) is 2.76. The van der Waals surface area contributed by atoms with Crippen LogP contribution in [0.25, 0.3) is 0 Å². The van der Waals surface area contributed by atoms with E-state index in [0.717, 1.165) is 32.4 Å². The Morgan fingerprint density at radius 2 is 1.88 bits per heavy atom. The number of likely N-dealkylation sites (tertiary alicyclic amines) is 1. The lowest BCUT2D eigenvalue weighted by Crippen LogP contribution is -2.40. The summed E-state index contributed by atoms with van der Waals surface area (Å²) >= 11 is 0. The minimum absolute atomic E-state index is 0.149. The molecule has 0 aromatic heterocycles. The van der Waals surface area contributed by atoms with Gasteiger partial charge in [-0.15, -0.1) is 6.58 Å². The third-order valence-corrected chi connectivity index (χ3v) is 3.21. The number of hydrogen-bond donors (Lipinski definition) is 0. The van der Waals surface area contributed by atoms with Gasteiger partial charge in [0.25, 0.3) is 5.91 Å². The van der Waals surface area contributed by atoms with E-state index in [2.05, 4.69) is 6.58 Å². The molecule has 1 aliphatic rings. The summed E-state index contributed by atoms with van der Waals surface area (Å²) in [4.78, 5) is 14.1. The van der Waals surface area contributed by atoms with Gasteiger partial charge >= 0.3 is 0 Å². The zero-order valence-electron chi connectivity index (χ0n) is 11.0. The Bertz CT molecular complexity index is 232. The zero-order chi connectivity index (χ0) is 12.5. The first-order valence-electron chi connectivity index (χ1n) is 6.77. The molecule has 98 valence electrons. The van der Waals surface area contributed by atoms with Crippen LogP contribution in [0.3, 0.4) is 0 Å². The van der Waals surface area contributed by atoms with Gasteiger partial charge in [0.2, 0.25) is 0 Å². The number of rotatable bonds is 5. The second-order valence-electron chi connectivity index (χ2n) is 4.68. The van der Waals surface area contributed by atoms with Crippen LogP contribution in [-0.2, 0) is 9.53 Å². The number of ether oxygens (including phenoxy) is 1. The van der Waals surface area contributed by atoms with Crippen molar-refractivity contribution < 1.29 is 9.53 Å². The zero-order valence-corrected chi connectivity index (χ0v) is 11.0. The van der Waals surface area contributed by atoms with Gasteiger partial charge in [-0.1, -0.05) is 25.3 Å². The smallest absolute Gasteiger partial charge is 0.251 e. The summed E-state index contributed by atoms with van der Waals surface area (Å²) in [6, 6.07) is 0. The first kappa shape index (κ1) is 14.2. The van der Waals surface area contributed by atoms with E-state index in [-0.39, 0.29) is 12.0 Å². The Balaban J connectivity index is 2.34. The van der Waals surface area contributed by atoms with Gasteiger partial charge in [-0.25, -0.2) is 0 Å². The van der Waals surface area contributed by atoms with Crippen LogP contribution in [0.1, 0.15) is 45.4 Å². The number of nitrogens with zero attached hydrogens (tertiary/aromatic N) is 1. The van der Waals surface area contributed by atoms with Gasteiger partial charge in [0.1, 0.15) is 6.10 Å². The highest BCUT2D eigenvalue weighted by Gasteiger charge is 2.20. The number of amides is 1. The van der Waals surface area contributed by atoms with E-state index in [1.165, 1.54) is 19.3 Å². The summed E-state index contributed by atoms with van der Waals surface area (Å²) in [6.07, 6.45) is 8.37. The number of carbonyl (C=O) groups excluding carboxylic acids is 1. The molecule has 0 aromatic rings. The molecular formula is C14H25NO2. The average molecular weight is 239 g/mol. The van der Waals surface area contributed by atoms with E-state index in [1.807, 2.05) is 17.9 Å². The fourth-order valence-electron chi connectivity index (χ4n) is 2.12. The number of hydrogen-bond acceptors (Lipinski definition) is 2. The van der Waals surface area contributed by atoms with Crippen molar-refractivity contribution >= 4 is 5.91 Å². The van der Waals surface area contributed by atoms with Crippen LogP contribution in [0.5, 0.6) is 0 Å². The largest absolute Gasteiger partial charge is 0.368 e. The van der Waals surface area contributed by atoms with E-state index < -0.39 is 0 Å². The predicted molar refractivity (Wildman–Crippen MR) is 69.9 cm³/mol. The second-order valence-corrected chi connectivity index (χ2v) is 4.68. The molecule has 1 heterocycles. The molecule has 0 saturated carbocycles. The molecule has 0 bridgehead atoms. The van der Waals surface area contributed by atoms with E-state index in [1.54, 1.807) is 0 Å². The van der Waals surface area contributed by atoms with Gasteiger partial charge in [-0.3, -0.25) is 4.79 Å². The summed E-state index contributed by atoms with van der Waals surface area (Å²) in [5.74, 6) is 0.149. The molecule has 3 nitrogen and oxygen atoms in total. The summed E-state index contributed by atoms with van der Waals surface area (Å²) in [5.41, 5.74) is 0. The SMILES string of the molecule is C=CCCOC(C)C(=O)N1CCCCCCC1. The summed E-state index contributed by atoms with van der Waals surface area (Å²) < 4.78 is 5.51. The summed E-state index contributed by atoms with van der Waals surface area (Å²) in [6.45, 7) is 7.87. The topological polar surface area (TPSA) is 29.5 Å². The standard InChI is InChI=1S/C14H25NO2/c1-3-4-12-17-13(2)14(16)15-10-8-6-5-7-9-11-15/h3,13H,1,4-12H2,2H3. The van der Waals surface area contributed by atoms with Crippen LogP contribution in [0.15, 0.2) is 12.7 Å². The summed E-state index contributed by atoms with van der Waals surface area (Å²) in [7, 11) is 0. The van der Waals surface area contributed by atoms with Crippen molar-refractivity contribution in [2.75, 3.05) is 19.7 Å². The first-order chi connectivity index (χ1) is 8.25. The molecular weight excluding hydrogens is 214 g/mol. The van der Waals surface area contributed by atoms with Crippen LogP contribution in [0.4, 0.5) is 0 Å². The van der Waals surface area contributed by atoms with Crippen LogP contribution in [0, 0.1) is 0 Å². The van der Waals surface area contributed by atoms with E-state index >= 15 is 0 Å². The number of carbonyl (C=O) groups is 1. The molecule has 1 saturated heterocycles. The van der Waals surface area contributed by atoms with Gasteiger partial charge in [0.05, 0.1) is 6.61 Å². The van der Waals surface area contributed by atoms with E-state index in [0.29, 0.717) is 6.61 Å². The third-order valence-electron chi connectivity index (χ3n) is 3.21. The molecule has 0 N–H and O–H groups in total. The van der Waals surface area contributed by atoms with Crippen LogP contribution >= 0.6 is 0 Å². The van der Waals surface area contributed by atoms with Crippen molar-refractivity contribution in [2.24, 2.45) is 0 Å². The molecule has 1 amide bonds. The molecule has 0 aliphatic carbocycles. The van der Waals surface area contributed by atoms with Crippen molar-refractivity contribution in [1.29, 1.82) is 0 Å². The first-order valence-corrected chi connectivity index (χ1v) is 6.77. The normalized spacial score (nSPS) is 19.2. The maximum Gasteiger partial charge on any atom is 0.251 e. The molecule has 1 rings (SSSR count). The van der Waals surface area contributed by atoms with E-state index in [9.17, 15) is 4.79 Å². The van der Waals surface area contributed by atoms with E-state index in [4.69, 9.17) is 4.74 Å². The Kier molecular flexibility index (Phi) is 6.94. The summed E-state index contributed by atoms with van der Waals surface area (Å²) in [5, 5.41) is 0. The maximum atomic E-state index is 12.1. The molecule has 1 fully saturated rings. The molecule has 3 heteroatoms. The minimum Gasteiger partial charge on any atom is -0.368 e. The third kappa shape index (κ3) is 5.35. The van der Waals surface area contributed by atoms with Gasteiger partial charge in [-0.2, -0.15) is 0 Å². The highest BCUT2D eigenvalue weighted by atomic mass is 16.5. The average Bonchev–Trinajstić information content (AvgIpc) is 2.28. The van der Waals surface area contributed by atoms with Crippen LogP contribution in [0.2, 0.25) is 0 Å². The van der Waals surface area contributed by atoms with Gasteiger partial charge < -0.3 is 9.64 Å². The highest BCUT2D eigenvalue weighted by Crippen LogP contribution is 2.12. The van der Waals surface area contributed by atoms with Gasteiger partial charge in [0.15, 0.2) is 0 Å². The van der Waals surface area contributed by atoms with Crippen LogP contribution < -0.4 is 0 Å². The quantitative estimate of drug-likeness (QED) is 0.545. The van der Waals surface area contributed by atoms with Crippen LogP contribution in [-0.4, -0.2) is 36.6 Å².